The van der Waals surface area contributed by atoms with Gasteiger partial charge in [-0.2, -0.15) is 0 Å². The molecule has 1 N–H and O–H groups in total. The SMILES string of the molecule is C[C@@H]1C[C@H]1C(=O)Nc1nc2c(s1)CCCC2. The molecule has 1 aromatic rings. The summed E-state index contributed by atoms with van der Waals surface area (Å²) in [6.07, 6.45) is 5.77. The Balaban J connectivity index is 1.70. The van der Waals surface area contributed by atoms with Crippen LogP contribution in [0.2, 0.25) is 0 Å². The molecule has 1 aromatic heterocycles. The first-order valence-electron chi connectivity index (χ1n) is 6.03. The Morgan fingerprint density at radius 2 is 2.19 bits per heavy atom. The molecule has 0 saturated heterocycles. The molecule has 1 fully saturated rings. The van der Waals surface area contributed by atoms with E-state index in [-0.39, 0.29) is 11.8 Å². The number of hydrogen-bond acceptors (Lipinski definition) is 3. The summed E-state index contributed by atoms with van der Waals surface area (Å²) in [7, 11) is 0. The maximum Gasteiger partial charge on any atom is 0.229 e. The zero-order valence-corrected chi connectivity index (χ0v) is 10.3. The minimum absolute atomic E-state index is 0.165. The highest BCUT2D eigenvalue weighted by Crippen LogP contribution is 2.39. The smallest absolute Gasteiger partial charge is 0.229 e. The van der Waals surface area contributed by atoms with Gasteiger partial charge in [0.2, 0.25) is 5.91 Å². The topological polar surface area (TPSA) is 42.0 Å². The van der Waals surface area contributed by atoms with E-state index in [9.17, 15) is 4.79 Å². The summed E-state index contributed by atoms with van der Waals surface area (Å²) in [5, 5.41) is 3.78. The van der Waals surface area contributed by atoms with Crippen LogP contribution in [0.4, 0.5) is 5.13 Å². The van der Waals surface area contributed by atoms with Crippen molar-refractivity contribution in [3.05, 3.63) is 10.6 Å². The van der Waals surface area contributed by atoms with Gasteiger partial charge in [-0.05, 0) is 38.0 Å². The van der Waals surface area contributed by atoms with Gasteiger partial charge >= 0.3 is 0 Å². The van der Waals surface area contributed by atoms with Gasteiger partial charge < -0.3 is 5.32 Å². The highest BCUT2D eigenvalue weighted by molar-refractivity contribution is 7.15. The summed E-state index contributed by atoms with van der Waals surface area (Å²) < 4.78 is 0. The molecule has 4 heteroatoms. The Bertz CT molecular complexity index is 403. The second-order valence-corrected chi connectivity index (χ2v) is 5.99. The van der Waals surface area contributed by atoms with E-state index in [2.05, 4.69) is 17.2 Å². The number of anilines is 1. The molecule has 2 atom stereocenters. The standard InChI is InChI=1S/C12H16N2OS/c1-7-6-8(7)11(15)14-12-13-9-4-2-3-5-10(9)16-12/h7-8H,2-6H2,1H3,(H,13,14,15)/t7-,8-/m1/s1. The van der Waals surface area contributed by atoms with Crippen molar-refractivity contribution in [3.8, 4) is 0 Å². The fourth-order valence-corrected chi connectivity index (χ4v) is 3.34. The molecule has 0 spiro atoms. The molecule has 1 saturated carbocycles. The van der Waals surface area contributed by atoms with Crippen LogP contribution in [0.15, 0.2) is 0 Å². The fraction of sp³-hybridized carbons (Fsp3) is 0.667. The number of aromatic nitrogens is 1. The molecule has 86 valence electrons. The molecule has 16 heavy (non-hydrogen) atoms. The average Bonchev–Trinajstić information content (AvgIpc) is 2.87. The van der Waals surface area contributed by atoms with Crippen molar-refractivity contribution in [2.75, 3.05) is 5.32 Å². The van der Waals surface area contributed by atoms with Gasteiger partial charge in [0.25, 0.3) is 0 Å². The molecule has 0 unspecified atom stereocenters. The van der Waals surface area contributed by atoms with Crippen LogP contribution in [0.25, 0.3) is 0 Å². The minimum atomic E-state index is 0.165. The van der Waals surface area contributed by atoms with Crippen molar-refractivity contribution in [3.63, 3.8) is 0 Å². The number of amides is 1. The van der Waals surface area contributed by atoms with Crippen molar-refractivity contribution in [2.24, 2.45) is 11.8 Å². The lowest BCUT2D eigenvalue weighted by molar-refractivity contribution is -0.117. The minimum Gasteiger partial charge on any atom is -0.302 e. The van der Waals surface area contributed by atoms with E-state index in [0.717, 1.165) is 24.4 Å². The lowest BCUT2D eigenvalue weighted by Crippen LogP contribution is -2.14. The summed E-state index contributed by atoms with van der Waals surface area (Å²) in [6, 6.07) is 0. The number of rotatable bonds is 2. The van der Waals surface area contributed by atoms with Gasteiger partial charge in [0.15, 0.2) is 5.13 Å². The van der Waals surface area contributed by atoms with Gasteiger partial charge in [-0.1, -0.05) is 6.92 Å². The monoisotopic (exact) mass is 236 g/mol. The molecule has 3 nitrogen and oxygen atoms in total. The quantitative estimate of drug-likeness (QED) is 0.857. The summed E-state index contributed by atoms with van der Waals surface area (Å²) in [5.41, 5.74) is 1.22. The van der Waals surface area contributed by atoms with Gasteiger partial charge in [0.05, 0.1) is 5.69 Å². The number of carbonyl (C=O) groups excluding carboxylic acids is 1. The normalized spacial score (nSPS) is 27.3. The van der Waals surface area contributed by atoms with Crippen LogP contribution in [0.5, 0.6) is 0 Å². The zero-order chi connectivity index (χ0) is 11.1. The fourth-order valence-electron chi connectivity index (χ4n) is 2.29. The molecule has 0 aliphatic heterocycles. The Kier molecular flexibility index (Phi) is 2.46. The number of carbonyl (C=O) groups is 1. The number of nitrogens with one attached hydrogen (secondary N) is 1. The van der Waals surface area contributed by atoms with E-state index >= 15 is 0 Å². The third-order valence-electron chi connectivity index (χ3n) is 3.52. The van der Waals surface area contributed by atoms with Crippen LogP contribution < -0.4 is 5.32 Å². The van der Waals surface area contributed by atoms with Gasteiger partial charge in [0.1, 0.15) is 0 Å². The average molecular weight is 236 g/mol. The molecule has 1 amide bonds. The van der Waals surface area contributed by atoms with Crippen molar-refractivity contribution in [1.82, 2.24) is 4.98 Å². The summed E-state index contributed by atoms with van der Waals surface area (Å²) in [4.78, 5) is 17.6. The van der Waals surface area contributed by atoms with Gasteiger partial charge in [-0.3, -0.25) is 4.79 Å². The molecular weight excluding hydrogens is 220 g/mol. The highest BCUT2D eigenvalue weighted by Gasteiger charge is 2.39. The predicted molar refractivity (Wildman–Crippen MR) is 64.7 cm³/mol. The van der Waals surface area contributed by atoms with Gasteiger partial charge in [-0.15, -0.1) is 11.3 Å². The molecule has 0 aromatic carbocycles. The van der Waals surface area contributed by atoms with Crippen LogP contribution in [-0.4, -0.2) is 10.9 Å². The van der Waals surface area contributed by atoms with Crippen LogP contribution in [0.3, 0.4) is 0 Å². The summed E-state index contributed by atoms with van der Waals surface area (Å²) in [6.45, 7) is 2.12. The molecular formula is C12H16N2OS. The van der Waals surface area contributed by atoms with E-state index in [1.807, 2.05) is 0 Å². The Hall–Kier alpha value is -0.900. The Labute approximate surface area is 99.3 Å². The van der Waals surface area contributed by atoms with Crippen molar-refractivity contribution in [1.29, 1.82) is 0 Å². The Morgan fingerprint density at radius 1 is 1.44 bits per heavy atom. The van der Waals surface area contributed by atoms with Gasteiger partial charge in [0, 0.05) is 10.8 Å². The van der Waals surface area contributed by atoms with Crippen molar-refractivity contribution < 1.29 is 4.79 Å². The number of aryl methyl sites for hydroxylation is 2. The first-order valence-corrected chi connectivity index (χ1v) is 6.85. The lowest BCUT2D eigenvalue weighted by Gasteiger charge is -2.06. The van der Waals surface area contributed by atoms with E-state index < -0.39 is 0 Å². The summed E-state index contributed by atoms with van der Waals surface area (Å²) in [5.74, 6) is 0.967. The number of thiazole rings is 1. The van der Waals surface area contributed by atoms with Crippen LogP contribution in [0, 0.1) is 11.8 Å². The van der Waals surface area contributed by atoms with Crippen molar-refractivity contribution >= 4 is 22.4 Å². The first kappa shape index (κ1) is 10.3. The second kappa shape index (κ2) is 3.84. The van der Waals surface area contributed by atoms with E-state index in [4.69, 9.17) is 0 Å². The molecule has 2 aliphatic rings. The van der Waals surface area contributed by atoms with Crippen LogP contribution >= 0.6 is 11.3 Å². The molecule has 3 rings (SSSR count). The second-order valence-electron chi connectivity index (χ2n) is 4.90. The Morgan fingerprint density at radius 3 is 2.88 bits per heavy atom. The highest BCUT2D eigenvalue weighted by atomic mass is 32.1. The third-order valence-corrected chi connectivity index (χ3v) is 4.59. The third kappa shape index (κ3) is 1.86. The maximum atomic E-state index is 11.8. The molecule has 1 heterocycles. The number of nitrogens with zero attached hydrogens (tertiary/aromatic N) is 1. The number of fused-ring (bicyclic) bond motifs is 1. The van der Waals surface area contributed by atoms with E-state index in [1.165, 1.54) is 23.4 Å². The maximum absolute atomic E-state index is 11.8. The predicted octanol–water partition coefficient (Wildman–Crippen LogP) is 2.62. The molecule has 0 radical (unpaired) electrons. The van der Waals surface area contributed by atoms with Crippen molar-refractivity contribution in [2.45, 2.75) is 39.0 Å². The molecule has 2 aliphatic carbocycles. The van der Waals surface area contributed by atoms with E-state index in [0.29, 0.717) is 5.92 Å². The lowest BCUT2D eigenvalue weighted by atomic mass is 10.0. The largest absolute Gasteiger partial charge is 0.302 e. The van der Waals surface area contributed by atoms with Crippen LogP contribution in [-0.2, 0) is 17.6 Å². The summed E-state index contributed by atoms with van der Waals surface area (Å²) >= 11 is 1.67. The van der Waals surface area contributed by atoms with Crippen LogP contribution in [0.1, 0.15) is 36.8 Å². The molecule has 0 bridgehead atoms. The number of hydrogen-bond donors (Lipinski definition) is 1. The first-order chi connectivity index (χ1) is 7.74. The zero-order valence-electron chi connectivity index (χ0n) is 9.45. The van der Waals surface area contributed by atoms with E-state index in [1.54, 1.807) is 11.3 Å². The van der Waals surface area contributed by atoms with Gasteiger partial charge in [-0.25, -0.2) is 4.98 Å².